The summed E-state index contributed by atoms with van der Waals surface area (Å²) >= 11 is 5.88. The number of nitrogens with zero attached hydrogens (tertiary/aromatic N) is 2. The predicted octanol–water partition coefficient (Wildman–Crippen LogP) is 3.30. The number of carbonyl (C=O) groups excluding carboxylic acids is 3. The first kappa shape index (κ1) is 22.6. The molecule has 4 amide bonds. The van der Waals surface area contributed by atoms with Crippen molar-refractivity contribution >= 4 is 40.8 Å². The van der Waals surface area contributed by atoms with E-state index in [0.717, 1.165) is 0 Å². The fraction of sp³-hybridized carbons (Fsp3) is 0.318. The topological polar surface area (TPSA) is 91.0 Å². The van der Waals surface area contributed by atoms with Crippen molar-refractivity contribution < 1.29 is 19.1 Å². The Hall–Kier alpha value is -3.10. The zero-order valence-electron chi connectivity index (χ0n) is 17.6. The van der Waals surface area contributed by atoms with Crippen LogP contribution >= 0.6 is 11.6 Å². The van der Waals surface area contributed by atoms with Gasteiger partial charge in [-0.15, -0.1) is 0 Å². The van der Waals surface area contributed by atoms with E-state index >= 15 is 0 Å². The summed E-state index contributed by atoms with van der Waals surface area (Å²) in [5, 5.41) is 6.17. The van der Waals surface area contributed by atoms with Gasteiger partial charge in [-0.1, -0.05) is 11.6 Å². The number of hydrogen-bond acceptors (Lipinski definition) is 4. The summed E-state index contributed by atoms with van der Waals surface area (Å²) in [6.45, 7) is 0.296. The molecule has 2 aromatic carbocycles. The van der Waals surface area contributed by atoms with E-state index in [-0.39, 0.29) is 17.9 Å². The zero-order chi connectivity index (χ0) is 22.5. The number of hydrogen-bond donors (Lipinski definition) is 2. The van der Waals surface area contributed by atoms with Crippen molar-refractivity contribution in [1.82, 2.24) is 9.80 Å². The smallest absolute Gasteiger partial charge is 0.322 e. The highest BCUT2D eigenvalue weighted by Crippen LogP contribution is 2.24. The molecule has 2 unspecified atom stereocenters. The number of ether oxygens (including phenoxy) is 1. The largest absolute Gasteiger partial charge is 0.380 e. The van der Waals surface area contributed by atoms with Gasteiger partial charge in [0.05, 0.1) is 6.10 Å². The molecule has 9 heteroatoms. The van der Waals surface area contributed by atoms with Crippen LogP contribution in [0.1, 0.15) is 16.8 Å². The SMILES string of the molecule is COC1CC(C(=O)Nc2ccc(C(=O)N(C)C)cc2)N(C(=O)Nc2ccc(Cl)cc2)C1. The third kappa shape index (κ3) is 5.53. The molecule has 0 spiro atoms. The molecule has 0 radical (unpaired) electrons. The van der Waals surface area contributed by atoms with Crippen LogP contribution in [-0.2, 0) is 9.53 Å². The Morgan fingerprint density at radius 3 is 2.16 bits per heavy atom. The number of nitrogens with one attached hydrogen (secondary N) is 2. The van der Waals surface area contributed by atoms with Crippen LogP contribution in [0.5, 0.6) is 0 Å². The summed E-state index contributed by atoms with van der Waals surface area (Å²) in [4.78, 5) is 40.7. The quantitative estimate of drug-likeness (QED) is 0.740. The normalized spacial score (nSPS) is 17.9. The Balaban J connectivity index is 1.69. The van der Waals surface area contributed by atoms with Gasteiger partial charge in [0, 0.05) is 56.1 Å². The van der Waals surface area contributed by atoms with E-state index < -0.39 is 12.1 Å². The first-order chi connectivity index (χ1) is 14.8. The molecule has 1 saturated heterocycles. The highest BCUT2D eigenvalue weighted by atomic mass is 35.5. The molecule has 8 nitrogen and oxygen atoms in total. The minimum atomic E-state index is -0.694. The van der Waals surface area contributed by atoms with E-state index in [4.69, 9.17) is 16.3 Å². The van der Waals surface area contributed by atoms with Crippen LogP contribution in [0.4, 0.5) is 16.2 Å². The molecule has 0 aliphatic carbocycles. The third-order valence-electron chi connectivity index (χ3n) is 5.06. The van der Waals surface area contributed by atoms with Gasteiger partial charge in [0.15, 0.2) is 0 Å². The first-order valence-electron chi connectivity index (χ1n) is 9.77. The summed E-state index contributed by atoms with van der Waals surface area (Å²) in [5.74, 6) is -0.445. The second-order valence-corrected chi connectivity index (χ2v) is 7.90. The van der Waals surface area contributed by atoms with Crippen molar-refractivity contribution in [3.8, 4) is 0 Å². The molecule has 0 aromatic heterocycles. The monoisotopic (exact) mass is 444 g/mol. The maximum absolute atomic E-state index is 12.9. The van der Waals surface area contributed by atoms with E-state index in [9.17, 15) is 14.4 Å². The second-order valence-electron chi connectivity index (χ2n) is 7.46. The number of halogens is 1. The number of benzene rings is 2. The van der Waals surface area contributed by atoms with Crippen molar-refractivity contribution in [2.24, 2.45) is 0 Å². The highest BCUT2D eigenvalue weighted by Gasteiger charge is 2.40. The lowest BCUT2D eigenvalue weighted by molar-refractivity contribution is -0.119. The molecule has 2 atom stereocenters. The van der Waals surface area contributed by atoms with Gasteiger partial charge in [0.1, 0.15) is 6.04 Å². The van der Waals surface area contributed by atoms with Crippen LogP contribution in [-0.4, -0.2) is 67.5 Å². The number of methoxy groups -OCH3 is 1. The summed E-state index contributed by atoms with van der Waals surface area (Å²) in [6, 6.07) is 12.3. The molecule has 164 valence electrons. The molecule has 2 aromatic rings. The maximum atomic E-state index is 12.9. The predicted molar refractivity (Wildman–Crippen MR) is 119 cm³/mol. The average molecular weight is 445 g/mol. The number of amides is 4. The third-order valence-corrected chi connectivity index (χ3v) is 5.31. The van der Waals surface area contributed by atoms with Crippen molar-refractivity contribution in [2.75, 3.05) is 38.4 Å². The van der Waals surface area contributed by atoms with Gasteiger partial charge in [0.2, 0.25) is 5.91 Å². The van der Waals surface area contributed by atoms with Gasteiger partial charge in [-0.25, -0.2) is 4.79 Å². The molecule has 1 aliphatic heterocycles. The Bertz CT molecular complexity index is 947. The maximum Gasteiger partial charge on any atom is 0.322 e. The Labute approximate surface area is 186 Å². The number of carbonyl (C=O) groups is 3. The van der Waals surface area contributed by atoms with E-state index in [2.05, 4.69) is 10.6 Å². The fourth-order valence-electron chi connectivity index (χ4n) is 3.35. The van der Waals surface area contributed by atoms with Crippen LogP contribution < -0.4 is 10.6 Å². The summed E-state index contributed by atoms with van der Waals surface area (Å²) in [5.41, 5.74) is 1.64. The van der Waals surface area contributed by atoms with E-state index in [1.807, 2.05) is 0 Å². The minimum absolute atomic E-state index is 0.123. The minimum Gasteiger partial charge on any atom is -0.380 e. The zero-order valence-corrected chi connectivity index (χ0v) is 18.3. The van der Waals surface area contributed by atoms with E-state index in [1.165, 1.54) is 9.80 Å². The molecular formula is C22H25ClN4O4. The molecule has 3 rings (SSSR count). The van der Waals surface area contributed by atoms with Crippen molar-refractivity contribution in [2.45, 2.75) is 18.6 Å². The Morgan fingerprint density at radius 1 is 1.00 bits per heavy atom. The van der Waals surface area contributed by atoms with Crippen LogP contribution in [0.15, 0.2) is 48.5 Å². The van der Waals surface area contributed by atoms with Gasteiger partial charge < -0.3 is 25.2 Å². The summed E-state index contributed by atoms with van der Waals surface area (Å²) < 4.78 is 5.39. The Morgan fingerprint density at radius 2 is 1.58 bits per heavy atom. The van der Waals surface area contributed by atoms with Crippen molar-refractivity contribution in [1.29, 1.82) is 0 Å². The molecular weight excluding hydrogens is 420 g/mol. The van der Waals surface area contributed by atoms with Gasteiger partial charge in [0.25, 0.3) is 5.91 Å². The lowest BCUT2D eigenvalue weighted by atomic mass is 10.1. The molecule has 1 aliphatic rings. The first-order valence-corrected chi connectivity index (χ1v) is 10.1. The average Bonchev–Trinajstić information content (AvgIpc) is 3.20. The van der Waals surface area contributed by atoms with Crippen LogP contribution in [0.2, 0.25) is 5.02 Å². The lowest BCUT2D eigenvalue weighted by Crippen LogP contribution is -2.45. The van der Waals surface area contributed by atoms with Crippen LogP contribution in [0, 0.1) is 0 Å². The van der Waals surface area contributed by atoms with Crippen molar-refractivity contribution in [3.63, 3.8) is 0 Å². The van der Waals surface area contributed by atoms with Crippen molar-refractivity contribution in [3.05, 3.63) is 59.1 Å². The second kappa shape index (κ2) is 9.80. The van der Waals surface area contributed by atoms with Crippen LogP contribution in [0.25, 0.3) is 0 Å². The summed E-state index contributed by atoms with van der Waals surface area (Å²) in [6.07, 6.45) is 0.139. The number of likely N-dealkylation sites (tertiary alicyclic amines) is 1. The number of urea groups is 1. The lowest BCUT2D eigenvalue weighted by Gasteiger charge is -2.24. The molecule has 1 heterocycles. The van der Waals surface area contributed by atoms with Gasteiger partial charge >= 0.3 is 6.03 Å². The number of anilines is 2. The van der Waals surface area contributed by atoms with Gasteiger partial charge in [-0.3, -0.25) is 9.59 Å². The Kier molecular flexibility index (Phi) is 7.14. The standard InChI is InChI=1S/C22H25ClN4O4/c1-26(2)21(29)14-4-8-16(9-5-14)24-20(28)19-12-18(31-3)13-27(19)22(30)25-17-10-6-15(23)7-11-17/h4-11,18-19H,12-13H2,1-3H3,(H,24,28)(H,25,30). The fourth-order valence-corrected chi connectivity index (χ4v) is 3.48. The molecule has 0 saturated carbocycles. The highest BCUT2D eigenvalue weighted by molar-refractivity contribution is 6.30. The van der Waals surface area contributed by atoms with E-state index in [0.29, 0.717) is 34.9 Å². The van der Waals surface area contributed by atoms with Gasteiger partial charge in [-0.2, -0.15) is 0 Å². The van der Waals surface area contributed by atoms with Gasteiger partial charge in [-0.05, 0) is 48.5 Å². The number of rotatable bonds is 5. The summed E-state index contributed by atoms with van der Waals surface area (Å²) in [7, 11) is 4.91. The molecule has 1 fully saturated rings. The molecule has 2 N–H and O–H groups in total. The molecule has 0 bridgehead atoms. The van der Waals surface area contributed by atoms with E-state index in [1.54, 1.807) is 69.7 Å². The molecule has 31 heavy (non-hydrogen) atoms. The van der Waals surface area contributed by atoms with Crippen LogP contribution in [0.3, 0.4) is 0 Å².